The summed E-state index contributed by atoms with van der Waals surface area (Å²) in [5, 5.41) is 6.54. The Morgan fingerprint density at radius 2 is 2.20 bits per heavy atom. The predicted octanol–water partition coefficient (Wildman–Crippen LogP) is 3.09. The van der Waals surface area contributed by atoms with E-state index in [9.17, 15) is 4.79 Å². The Morgan fingerprint density at radius 1 is 1.35 bits per heavy atom. The van der Waals surface area contributed by atoms with Gasteiger partial charge < -0.3 is 15.1 Å². The Labute approximate surface area is 123 Å². The zero-order chi connectivity index (χ0) is 14.4. The SMILES string of the molecule is CC(Cc1ccco1)NCC(=O)Nc1cccc(Cl)c1. The van der Waals surface area contributed by atoms with Crippen molar-refractivity contribution in [3.05, 3.63) is 53.4 Å². The molecule has 1 atom stereocenters. The second-order valence-corrected chi connectivity index (χ2v) is 5.06. The molecule has 2 N–H and O–H groups in total. The minimum Gasteiger partial charge on any atom is -0.469 e. The van der Waals surface area contributed by atoms with Gasteiger partial charge in [0.2, 0.25) is 5.91 Å². The number of hydrogen-bond acceptors (Lipinski definition) is 3. The van der Waals surface area contributed by atoms with Crippen LogP contribution in [0, 0.1) is 0 Å². The fourth-order valence-corrected chi connectivity index (χ4v) is 2.03. The van der Waals surface area contributed by atoms with E-state index >= 15 is 0 Å². The van der Waals surface area contributed by atoms with Gasteiger partial charge in [-0.05, 0) is 37.3 Å². The van der Waals surface area contributed by atoms with Crippen molar-refractivity contribution in [2.45, 2.75) is 19.4 Å². The van der Waals surface area contributed by atoms with Gasteiger partial charge in [-0.1, -0.05) is 17.7 Å². The van der Waals surface area contributed by atoms with Crippen molar-refractivity contribution in [2.24, 2.45) is 0 Å². The van der Waals surface area contributed by atoms with Crippen molar-refractivity contribution < 1.29 is 9.21 Å². The van der Waals surface area contributed by atoms with E-state index in [1.54, 1.807) is 30.5 Å². The van der Waals surface area contributed by atoms with Crippen LogP contribution in [0.15, 0.2) is 47.1 Å². The summed E-state index contributed by atoms with van der Waals surface area (Å²) < 4.78 is 5.26. The first kappa shape index (κ1) is 14.6. The predicted molar refractivity (Wildman–Crippen MR) is 80.0 cm³/mol. The van der Waals surface area contributed by atoms with E-state index in [2.05, 4.69) is 10.6 Å². The van der Waals surface area contributed by atoms with Crippen molar-refractivity contribution in [1.82, 2.24) is 5.32 Å². The van der Waals surface area contributed by atoms with E-state index in [0.717, 1.165) is 12.2 Å². The minimum absolute atomic E-state index is 0.0986. The van der Waals surface area contributed by atoms with Crippen LogP contribution in [0.25, 0.3) is 0 Å². The largest absolute Gasteiger partial charge is 0.469 e. The normalized spacial score (nSPS) is 12.1. The lowest BCUT2D eigenvalue weighted by Gasteiger charge is -2.12. The zero-order valence-corrected chi connectivity index (χ0v) is 12.0. The van der Waals surface area contributed by atoms with Crippen LogP contribution in [0.2, 0.25) is 5.02 Å². The van der Waals surface area contributed by atoms with Gasteiger partial charge in [-0.2, -0.15) is 0 Å². The average Bonchev–Trinajstić information content (AvgIpc) is 2.89. The Kier molecular flexibility index (Phi) is 5.21. The molecule has 1 unspecified atom stereocenters. The van der Waals surface area contributed by atoms with Crippen LogP contribution >= 0.6 is 11.6 Å². The lowest BCUT2D eigenvalue weighted by atomic mass is 10.2. The number of anilines is 1. The van der Waals surface area contributed by atoms with Gasteiger partial charge in [0.15, 0.2) is 0 Å². The molecule has 0 radical (unpaired) electrons. The summed E-state index contributed by atoms with van der Waals surface area (Å²) in [5.74, 6) is 0.804. The van der Waals surface area contributed by atoms with E-state index < -0.39 is 0 Å². The maximum absolute atomic E-state index is 11.8. The number of benzene rings is 1. The molecule has 0 aliphatic carbocycles. The molecule has 106 valence electrons. The summed E-state index contributed by atoms with van der Waals surface area (Å²) in [4.78, 5) is 11.8. The summed E-state index contributed by atoms with van der Waals surface area (Å²) in [6, 6.07) is 11.0. The molecule has 2 rings (SSSR count). The van der Waals surface area contributed by atoms with Gasteiger partial charge in [-0.15, -0.1) is 0 Å². The lowest BCUT2D eigenvalue weighted by molar-refractivity contribution is -0.115. The van der Waals surface area contributed by atoms with Crippen molar-refractivity contribution in [2.75, 3.05) is 11.9 Å². The molecule has 1 heterocycles. The third kappa shape index (κ3) is 4.72. The summed E-state index contributed by atoms with van der Waals surface area (Å²) in [6.45, 7) is 2.25. The number of furan rings is 1. The van der Waals surface area contributed by atoms with Crippen LogP contribution in [0.5, 0.6) is 0 Å². The first-order valence-electron chi connectivity index (χ1n) is 6.44. The molecule has 0 saturated carbocycles. The first-order chi connectivity index (χ1) is 9.63. The maximum atomic E-state index is 11.8. The van der Waals surface area contributed by atoms with E-state index in [1.165, 1.54) is 0 Å². The molecule has 0 bridgehead atoms. The van der Waals surface area contributed by atoms with Gasteiger partial charge >= 0.3 is 0 Å². The highest BCUT2D eigenvalue weighted by Gasteiger charge is 2.08. The molecule has 20 heavy (non-hydrogen) atoms. The van der Waals surface area contributed by atoms with E-state index in [-0.39, 0.29) is 18.5 Å². The lowest BCUT2D eigenvalue weighted by Crippen LogP contribution is -2.35. The number of amides is 1. The number of halogens is 1. The topological polar surface area (TPSA) is 54.3 Å². The van der Waals surface area contributed by atoms with Gasteiger partial charge in [0, 0.05) is 23.2 Å². The number of carbonyl (C=O) groups excluding carboxylic acids is 1. The summed E-state index contributed by atoms with van der Waals surface area (Å²) >= 11 is 5.86. The van der Waals surface area contributed by atoms with Crippen molar-refractivity contribution in [3.63, 3.8) is 0 Å². The molecule has 4 nitrogen and oxygen atoms in total. The summed E-state index contributed by atoms with van der Waals surface area (Å²) in [6.07, 6.45) is 2.39. The molecule has 0 fully saturated rings. The Balaban J connectivity index is 1.74. The van der Waals surface area contributed by atoms with Gasteiger partial charge in [-0.25, -0.2) is 0 Å². The standard InChI is InChI=1S/C15H17ClN2O2/c1-11(8-14-6-3-7-20-14)17-10-15(19)18-13-5-2-4-12(16)9-13/h2-7,9,11,17H,8,10H2,1H3,(H,18,19). The molecule has 2 aromatic rings. The van der Waals surface area contributed by atoms with Crippen LogP contribution in [0.1, 0.15) is 12.7 Å². The molecule has 0 saturated heterocycles. The Hall–Kier alpha value is -1.78. The molecule has 5 heteroatoms. The van der Waals surface area contributed by atoms with Crippen LogP contribution in [-0.2, 0) is 11.2 Å². The molecule has 1 amide bonds. The third-order valence-electron chi connectivity index (χ3n) is 2.81. The maximum Gasteiger partial charge on any atom is 0.238 e. The van der Waals surface area contributed by atoms with Gasteiger partial charge in [0.05, 0.1) is 12.8 Å². The van der Waals surface area contributed by atoms with Gasteiger partial charge in [-0.3, -0.25) is 4.79 Å². The zero-order valence-electron chi connectivity index (χ0n) is 11.2. The number of hydrogen-bond donors (Lipinski definition) is 2. The summed E-state index contributed by atoms with van der Waals surface area (Å²) in [7, 11) is 0. The molecular formula is C15H17ClN2O2. The fraction of sp³-hybridized carbons (Fsp3) is 0.267. The highest BCUT2D eigenvalue weighted by molar-refractivity contribution is 6.30. The van der Waals surface area contributed by atoms with Crippen molar-refractivity contribution in [1.29, 1.82) is 0 Å². The van der Waals surface area contributed by atoms with E-state index in [0.29, 0.717) is 10.7 Å². The van der Waals surface area contributed by atoms with E-state index in [1.807, 2.05) is 19.1 Å². The number of carbonyl (C=O) groups is 1. The number of nitrogens with one attached hydrogen (secondary N) is 2. The highest BCUT2D eigenvalue weighted by atomic mass is 35.5. The molecule has 0 aliphatic rings. The second-order valence-electron chi connectivity index (χ2n) is 4.62. The quantitative estimate of drug-likeness (QED) is 0.860. The monoisotopic (exact) mass is 292 g/mol. The number of rotatable bonds is 6. The Morgan fingerprint density at radius 3 is 2.90 bits per heavy atom. The van der Waals surface area contributed by atoms with Crippen molar-refractivity contribution >= 4 is 23.2 Å². The molecular weight excluding hydrogens is 276 g/mol. The third-order valence-corrected chi connectivity index (χ3v) is 3.04. The molecule has 1 aromatic heterocycles. The fourth-order valence-electron chi connectivity index (χ4n) is 1.84. The van der Waals surface area contributed by atoms with Crippen LogP contribution in [-0.4, -0.2) is 18.5 Å². The Bertz CT molecular complexity index is 555. The van der Waals surface area contributed by atoms with Crippen LogP contribution in [0.3, 0.4) is 0 Å². The van der Waals surface area contributed by atoms with Crippen LogP contribution < -0.4 is 10.6 Å². The van der Waals surface area contributed by atoms with Gasteiger partial charge in [0.25, 0.3) is 0 Å². The summed E-state index contributed by atoms with van der Waals surface area (Å²) in [5.41, 5.74) is 0.697. The van der Waals surface area contributed by atoms with Crippen LogP contribution in [0.4, 0.5) is 5.69 Å². The minimum atomic E-state index is -0.0986. The smallest absolute Gasteiger partial charge is 0.238 e. The first-order valence-corrected chi connectivity index (χ1v) is 6.82. The molecule has 0 spiro atoms. The van der Waals surface area contributed by atoms with Gasteiger partial charge in [0.1, 0.15) is 5.76 Å². The second kappa shape index (κ2) is 7.12. The van der Waals surface area contributed by atoms with E-state index in [4.69, 9.17) is 16.0 Å². The average molecular weight is 293 g/mol. The highest BCUT2D eigenvalue weighted by Crippen LogP contribution is 2.14. The molecule has 1 aromatic carbocycles. The molecule has 0 aliphatic heterocycles. The van der Waals surface area contributed by atoms with Crippen molar-refractivity contribution in [3.8, 4) is 0 Å².